The van der Waals surface area contributed by atoms with Gasteiger partial charge in [-0.3, -0.25) is 4.98 Å². The molecular formula is C13H8FN3. The molecule has 0 saturated carbocycles. The highest BCUT2D eigenvalue weighted by Crippen LogP contribution is 2.03. The number of pyridine rings is 2. The first-order valence-electron chi connectivity index (χ1n) is 4.88. The van der Waals surface area contributed by atoms with Crippen molar-refractivity contribution < 1.29 is 4.39 Å². The van der Waals surface area contributed by atoms with E-state index in [0.29, 0.717) is 5.69 Å². The Morgan fingerprint density at radius 1 is 1.24 bits per heavy atom. The molecule has 0 saturated heterocycles. The van der Waals surface area contributed by atoms with Crippen LogP contribution in [0.15, 0.2) is 36.7 Å². The third kappa shape index (κ3) is 2.73. The topological polar surface area (TPSA) is 49.6 Å². The summed E-state index contributed by atoms with van der Waals surface area (Å²) in [4.78, 5) is 7.82. The standard InChI is InChI=1S/C13H8FN3/c14-12-6-5-11(17-13(12)8-15)4-3-10-2-1-7-16-9-10/h1-2,5-9,15H. The molecule has 0 aliphatic heterocycles. The average Bonchev–Trinajstić information content (AvgIpc) is 2.39. The van der Waals surface area contributed by atoms with E-state index in [1.807, 2.05) is 6.07 Å². The summed E-state index contributed by atoms with van der Waals surface area (Å²) in [5, 5.41) is 6.99. The predicted octanol–water partition coefficient (Wildman–Crippen LogP) is 2.01. The van der Waals surface area contributed by atoms with Crippen LogP contribution in [0.3, 0.4) is 0 Å². The molecule has 2 aromatic rings. The van der Waals surface area contributed by atoms with E-state index in [1.165, 1.54) is 12.1 Å². The number of halogens is 1. The molecule has 2 heterocycles. The van der Waals surface area contributed by atoms with Gasteiger partial charge in [0.15, 0.2) is 5.82 Å². The van der Waals surface area contributed by atoms with Crippen LogP contribution < -0.4 is 0 Å². The molecular weight excluding hydrogens is 217 g/mol. The second-order valence-electron chi connectivity index (χ2n) is 3.20. The van der Waals surface area contributed by atoms with Crippen LogP contribution in [0.2, 0.25) is 0 Å². The van der Waals surface area contributed by atoms with Crippen molar-refractivity contribution >= 4 is 6.21 Å². The maximum absolute atomic E-state index is 13.1. The van der Waals surface area contributed by atoms with E-state index >= 15 is 0 Å². The maximum atomic E-state index is 13.1. The molecule has 0 spiro atoms. The summed E-state index contributed by atoms with van der Waals surface area (Å²) < 4.78 is 13.1. The lowest BCUT2D eigenvalue weighted by molar-refractivity contribution is 0.618. The van der Waals surface area contributed by atoms with Crippen LogP contribution in [0.25, 0.3) is 0 Å². The molecule has 82 valence electrons. The fourth-order valence-electron chi connectivity index (χ4n) is 1.20. The molecule has 2 aromatic heterocycles. The van der Waals surface area contributed by atoms with Crippen molar-refractivity contribution in [1.29, 1.82) is 5.41 Å². The molecule has 0 atom stereocenters. The fourth-order valence-corrected chi connectivity index (χ4v) is 1.20. The van der Waals surface area contributed by atoms with Gasteiger partial charge in [-0.15, -0.1) is 0 Å². The number of rotatable bonds is 1. The van der Waals surface area contributed by atoms with Crippen LogP contribution in [0, 0.1) is 23.1 Å². The van der Waals surface area contributed by atoms with Crippen molar-refractivity contribution in [2.24, 2.45) is 0 Å². The van der Waals surface area contributed by atoms with Gasteiger partial charge in [-0.1, -0.05) is 5.92 Å². The van der Waals surface area contributed by atoms with Crippen LogP contribution in [0.5, 0.6) is 0 Å². The van der Waals surface area contributed by atoms with Gasteiger partial charge in [-0.2, -0.15) is 0 Å². The lowest BCUT2D eigenvalue weighted by atomic mass is 10.2. The Labute approximate surface area is 97.9 Å². The van der Waals surface area contributed by atoms with E-state index in [9.17, 15) is 4.39 Å². The number of hydrogen-bond acceptors (Lipinski definition) is 3. The molecule has 0 amide bonds. The van der Waals surface area contributed by atoms with Crippen LogP contribution in [0.4, 0.5) is 4.39 Å². The highest BCUT2D eigenvalue weighted by molar-refractivity contribution is 5.74. The first-order valence-corrected chi connectivity index (χ1v) is 4.88. The van der Waals surface area contributed by atoms with Gasteiger partial charge >= 0.3 is 0 Å². The molecule has 1 N–H and O–H groups in total. The second kappa shape index (κ2) is 4.99. The van der Waals surface area contributed by atoms with E-state index < -0.39 is 5.82 Å². The van der Waals surface area contributed by atoms with E-state index in [-0.39, 0.29) is 5.69 Å². The largest absolute Gasteiger partial charge is 0.306 e. The highest BCUT2D eigenvalue weighted by Gasteiger charge is 2.00. The van der Waals surface area contributed by atoms with Gasteiger partial charge in [0.2, 0.25) is 0 Å². The van der Waals surface area contributed by atoms with E-state index in [4.69, 9.17) is 5.41 Å². The first-order chi connectivity index (χ1) is 8.29. The minimum absolute atomic E-state index is 0.0111. The Balaban J connectivity index is 2.31. The van der Waals surface area contributed by atoms with Gasteiger partial charge in [0, 0.05) is 24.2 Å². The van der Waals surface area contributed by atoms with Gasteiger partial charge in [0.05, 0.1) is 0 Å². The van der Waals surface area contributed by atoms with Crippen LogP contribution in [-0.2, 0) is 0 Å². The van der Waals surface area contributed by atoms with Gasteiger partial charge < -0.3 is 5.41 Å². The van der Waals surface area contributed by atoms with Gasteiger partial charge in [-0.05, 0) is 30.2 Å². The lowest BCUT2D eigenvalue weighted by Gasteiger charge is -1.95. The molecule has 0 radical (unpaired) electrons. The van der Waals surface area contributed by atoms with Crippen molar-refractivity contribution in [3.05, 3.63) is 59.4 Å². The van der Waals surface area contributed by atoms with Gasteiger partial charge in [0.25, 0.3) is 0 Å². The Morgan fingerprint density at radius 2 is 2.12 bits per heavy atom. The van der Waals surface area contributed by atoms with Crippen molar-refractivity contribution in [2.45, 2.75) is 0 Å². The molecule has 0 aliphatic rings. The molecule has 2 rings (SSSR count). The highest BCUT2D eigenvalue weighted by atomic mass is 19.1. The lowest BCUT2D eigenvalue weighted by Crippen LogP contribution is -1.95. The quantitative estimate of drug-likeness (QED) is 0.596. The van der Waals surface area contributed by atoms with Crippen molar-refractivity contribution in [3.63, 3.8) is 0 Å². The van der Waals surface area contributed by atoms with Crippen LogP contribution in [-0.4, -0.2) is 16.2 Å². The summed E-state index contributed by atoms with van der Waals surface area (Å²) in [6.07, 6.45) is 4.16. The molecule has 0 bridgehead atoms. The van der Waals surface area contributed by atoms with Crippen molar-refractivity contribution in [2.75, 3.05) is 0 Å². The molecule has 3 nitrogen and oxygen atoms in total. The molecule has 0 fully saturated rings. The smallest absolute Gasteiger partial charge is 0.150 e. The fraction of sp³-hybridized carbons (Fsp3) is 0. The maximum Gasteiger partial charge on any atom is 0.150 e. The SMILES string of the molecule is N=Cc1nc(C#Cc2cccnc2)ccc1F. The summed E-state index contributed by atoms with van der Waals surface area (Å²) in [5.74, 6) is 5.13. The summed E-state index contributed by atoms with van der Waals surface area (Å²) in [5.41, 5.74) is 1.17. The van der Waals surface area contributed by atoms with Crippen LogP contribution in [0.1, 0.15) is 17.0 Å². The average molecular weight is 225 g/mol. The third-order valence-electron chi connectivity index (χ3n) is 2.01. The second-order valence-corrected chi connectivity index (χ2v) is 3.20. The molecule has 0 aliphatic carbocycles. The van der Waals surface area contributed by atoms with Crippen molar-refractivity contribution in [1.82, 2.24) is 9.97 Å². The predicted molar refractivity (Wildman–Crippen MR) is 62.3 cm³/mol. The zero-order valence-electron chi connectivity index (χ0n) is 8.81. The number of nitrogens with zero attached hydrogens (tertiary/aromatic N) is 2. The number of aromatic nitrogens is 2. The van der Waals surface area contributed by atoms with Crippen molar-refractivity contribution in [3.8, 4) is 11.8 Å². The molecule has 0 aromatic carbocycles. The molecule has 0 unspecified atom stereocenters. The number of hydrogen-bond donors (Lipinski definition) is 1. The molecule has 17 heavy (non-hydrogen) atoms. The minimum Gasteiger partial charge on any atom is -0.306 e. The zero-order chi connectivity index (χ0) is 12.1. The summed E-state index contributed by atoms with van der Waals surface area (Å²) >= 11 is 0. The first kappa shape index (κ1) is 11.0. The van der Waals surface area contributed by atoms with E-state index in [1.54, 1.807) is 18.5 Å². The summed E-state index contributed by atoms with van der Waals surface area (Å²) in [6, 6.07) is 6.33. The van der Waals surface area contributed by atoms with Crippen LogP contribution >= 0.6 is 0 Å². The Hall–Kier alpha value is -2.54. The Kier molecular flexibility index (Phi) is 3.22. The van der Waals surface area contributed by atoms with E-state index in [2.05, 4.69) is 21.8 Å². The van der Waals surface area contributed by atoms with Gasteiger partial charge in [0.1, 0.15) is 11.4 Å². The minimum atomic E-state index is -0.521. The third-order valence-corrected chi connectivity index (χ3v) is 2.01. The Morgan fingerprint density at radius 3 is 2.82 bits per heavy atom. The summed E-state index contributed by atoms with van der Waals surface area (Å²) in [7, 11) is 0. The normalized spacial score (nSPS) is 9.24. The Bertz CT molecular complexity index is 597. The molecule has 4 heteroatoms. The monoisotopic (exact) mass is 225 g/mol. The van der Waals surface area contributed by atoms with Gasteiger partial charge in [-0.25, -0.2) is 9.37 Å². The number of nitrogens with one attached hydrogen (secondary N) is 1. The van der Waals surface area contributed by atoms with E-state index in [0.717, 1.165) is 11.8 Å². The summed E-state index contributed by atoms with van der Waals surface area (Å²) in [6.45, 7) is 0. The zero-order valence-corrected chi connectivity index (χ0v) is 8.81.